The van der Waals surface area contributed by atoms with Gasteiger partial charge in [-0.05, 0) is 36.0 Å². The van der Waals surface area contributed by atoms with E-state index in [2.05, 4.69) is 0 Å². The highest BCUT2D eigenvalue weighted by Crippen LogP contribution is 2.31. The van der Waals surface area contributed by atoms with Gasteiger partial charge >= 0.3 is 17.9 Å². The van der Waals surface area contributed by atoms with Crippen LogP contribution in [0, 0.1) is 0 Å². The highest BCUT2D eigenvalue weighted by atomic mass is 16.5. The maximum absolute atomic E-state index is 12.0. The van der Waals surface area contributed by atoms with Gasteiger partial charge in [-0.25, -0.2) is 14.4 Å². The SMILES string of the molecule is COCCc1c(CCOC)c(C(=O)O)c(C(=O)O)c(CCOC)c1C(=O)O. The Morgan fingerprint density at radius 2 is 0.889 bits per heavy atom. The Hall–Kier alpha value is -2.49. The zero-order chi connectivity index (χ0) is 20.6. The predicted molar refractivity (Wildman–Crippen MR) is 94.1 cm³/mol. The van der Waals surface area contributed by atoms with Crippen LogP contribution in [-0.4, -0.2) is 74.4 Å². The summed E-state index contributed by atoms with van der Waals surface area (Å²) >= 11 is 0. The number of carboxylic acids is 3. The summed E-state index contributed by atoms with van der Waals surface area (Å²) in [4.78, 5) is 35.8. The summed E-state index contributed by atoms with van der Waals surface area (Å²) in [7, 11) is 4.24. The first-order valence-electron chi connectivity index (χ1n) is 8.18. The van der Waals surface area contributed by atoms with Gasteiger partial charge in [0.15, 0.2) is 0 Å². The van der Waals surface area contributed by atoms with Gasteiger partial charge in [0.2, 0.25) is 0 Å². The van der Waals surface area contributed by atoms with E-state index < -0.39 is 29.0 Å². The molecular formula is C18H24O9. The molecule has 1 aromatic carbocycles. The fourth-order valence-electron chi connectivity index (χ4n) is 3.06. The Balaban J connectivity index is 3.99. The van der Waals surface area contributed by atoms with Crippen molar-refractivity contribution in [3.63, 3.8) is 0 Å². The molecule has 0 amide bonds. The second kappa shape index (κ2) is 10.6. The molecule has 0 radical (unpaired) electrons. The molecule has 1 aromatic rings. The minimum Gasteiger partial charge on any atom is -0.478 e. The molecule has 0 aliphatic carbocycles. The molecule has 0 aliphatic rings. The molecule has 0 unspecified atom stereocenters. The standard InChI is InChI=1S/C18H24O9/c1-25-7-4-10-11(5-8-26-2)14(17(21)22)15(18(23)24)12(6-9-27-3)13(10)16(19)20/h4-9H2,1-3H3,(H,19,20)(H,21,22)(H,23,24). The molecule has 9 nitrogen and oxygen atoms in total. The van der Waals surface area contributed by atoms with Crippen LogP contribution in [-0.2, 0) is 33.5 Å². The summed E-state index contributed by atoms with van der Waals surface area (Å²) in [5, 5.41) is 29.2. The lowest BCUT2D eigenvalue weighted by atomic mass is 9.83. The molecule has 0 spiro atoms. The Bertz CT molecular complexity index is 710. The van der Waals surface area contributed by atoms with E-state index in [0.29, 0.717) is 0 Å². The number of hydrogen-bond acceptors (Lipinski definition) is 6. The van der Waals surface area contributed by atoms with Crippen LogP contribution in [0.25, 0.3) is 0 Å². The second-order valence-corrected chi connectivity index (χ2v) is 5.70. The summed E-state index contributed by atoms with van der Waals surface area (Å²) in [6.45, 7) is 0.298. The van der Waals surface area contributed by atoms with Crippen LogP contribution in [0.3, 0.4) is 0 Å². The van der Waals surface area contributed by atoms with Crippen LogP contribution in [0.5, 0.6) is 0 Å². The zero-order valence-electron chi connectivity index (χ0n) is 15.5. The van der Waals surface area contributed by atoms with Crippen LogP contribution in [0.4, 0.5) is 0 Å². The van der Waals surface area contributed by atoms with Gasteiger partial charge in [-0.15, -0.1) is 0 Å². The second-order valence-electron chi connectivity index (χ2n) is 5.70. The first-order chi connectivity index (χ1) is 12.8. The van der Waals surface area contributed by atoms with Crippen LogP contribution in [0.2, 0.25) is 0 Å². The molecule has 0 aliphatic heterocycles. The van der Waals surface area contributed by atoms with Crippen LogP contribution in [0.1, 0.15) is 47.8 Å². The molecule has 0 aromatic heterocycles. The number of methoxy groups -OCH3 is 3. The van der Waals surface area contributed by atoms with Crippen molar-refractivity contribution in [1.29, 1.82) is 0 Å². The molecule has 9 heteroatoms. The van der Waals surface area contributed by atoms with Crippen molar-refractivity contribution in [3.05, 3.63) is 33.4 Å². The lowest BCUT2D eigenvalue weighted by Crippen LogP contribution is -2.24. The number of carbonyl (C=O) groups is 3. The van der Waals surface area contributed by atoms with Crippen LogP contribution >= 0.6 is 0 Å². The minimum absolute atomic E-state index is 0.0424. The van der Waals surface area contributed by atoms with Gasteiger partial charge in [-0.3, -0.25) is 0 Å². The topological polar surface area (TPSA) is 140 Å². The van der Waals surface area contributed by atoms with E-state index in [1.807, 2.05) is 0 Å². The van der Waals surface area contributed by atoms with Gasteiger partial charge < -0.3 is 29.5 Å². The van der Waals surface area contributed by atoms with Crippen molar-refractivity contribution in [3.8, 4) is 0 Å². The van der Waals surface area contributed by atoms with Gasteiger partial charge in [-0.2, -0.15) is 0 Å². The Morgan fingerprint density at radius 1 is 0.593 bits per heavy atom. The lowest BCUT2D eigenvalue weighted by Gasteiger charge is -2.22. The smallest absolute Gasteiger partial charge is 0.336 e. The average molecular weight is 384 g/mol. The van der Waals surface area contributed by atoms with E-state index in [4.69, 9.17) is 14.2 Å². The fraction of sp³-hybridized carbons (Fsp3) is 0.500. The first kappa shape index (κ1) is 22.6. The predicted octanol–water partition coefficient (Wildman–Crippen LogP) is 1.35. The van der Waals surface area contributed by atoms with E-state index >= 15 is 0 Å². The number of aromatic carboxylic acids is 3. The molecule has 3 N–H and O–H groups in total. The highest BCUT2D eigenvalue weighted by Gasteiger charge is 2.32. The Morgan fingerprint density at radius 3 is 1.22 bits per heavy atom. The highest BCUT2D eigenvalue weighted by molar-refractivity contribution is 6.07. The monoisotopic (exact) mass is 384 g/mol. The van der Waals surface area contributed by atoms with Crippen molar-refractivity contribution in [2.45, 2.75) is 19.3 Å². The molecule has 150 valence electrons. The molecule has 0 heterocycles. The maximum atomic E-state index is 12.0. The lowest BCUT2D eigenvalue weighted by molar-refractivity contribution is 0.0644. The third-order valence-corrected chi connectivity index (χ3v) is 4.13. The van der Waals surface area contributed by atoms with Gasteiger partial charge in [0, 0.05) is 21.3 Å². The van der Waals surface area contributed by atoms with Crippen molar-refractivity contribution in [2.24, 2.45) is 0 Å². The third-order valence-electron chi connectivity index (χ3n) is 4.13. The summed E-state index contributed by atoms with van der Waals surface area (Å²) in [5.41, 5.74) is -0.836. The largest absolute Gasteiger partial charge is 0.478 e. The van der Waals surface area contributed by atoms with Crippen molar-refractivity contribution in [1.82, 2.24) is 0 Å². The molecule has 27 heavy (non-hydrogen) atoms. The average Bonchev–Trinajstić information content (AvgIpc) is 2.61. The van der Waals surface area contributed by atoms with Gasteiger partial charge in [0.25, 0.3) is 0 Å². The maximum Gasteiger partial charge on any atom is 0.336 e. The molecule has 1 rings (SSSR count). The number of ether oxygens (including phenoxy) is 3. The Kier molecular flexibility index (Phi) is 8.86. The zero-order valence-corrected chi connectivity index (χ0v) is 15.5. The number of carboxylic acid groups (broad SMARTS) is 3. The number of rotatable bonds is 12. The fourth-order valence-corrected chi connectivity index (χ4v) is 3.06. The van der Waals surface area contributed by atoms with E-state index in [0.717, 1.165) is 0 Å². The van der Waals surface area contributed by atoms with E-state index in [9.17, 15) is 29.7 Å². The Labute approximate surface area is 156 Å². The molecule has 0 saturated carbocycles. The van der Waals surface area contributed by atoms with E-state index in [1.54, 1.807) is 0 Å². The normalized spacial score (nSPS) is 10.8. The molecule has 0 saturated heterocycles. The molecule has 0 fully saturated rings. The summed E-state index contributed by atoms with van der Waals surface area (Å²) in [5.74, 6) is -4.27. The summed E-state index contributed by atoms with van der Waals surface area (Å²) in [6, 6.07) is 0. The molecule has 0 atom stereocenters. The van der Waals surface area contributed by atoms with Gasteiger partial charge in [0.05, 0.1) is 36.5 Å². The van der Waals surface area contributed by atoms with Crippen molar-refractivity contribution >= 4 is 17.9 Å². The minimum atomic E-state index is -1.50. The first-order valence-corrected chi connectivity index (χ1v) is 8.18. The van der Waals surface area contributed by atoms with E-state index in [1.165, 1.54) is 21.3 Å². The quantitative estimate of drug-likeness (QED) is 0.487. The number of benzene rings is 1. The van der Waals surface area contributed by atoms with Gasteiger partial charge in [-0.1, -0.05) is 0 Å². The molecular weight excluding hydrogens is 360 g/mol. The van der Waals surface area contributed by atoms with Crippen molar-refractivity contribution in [2.75, 3.05) is 41.2 Å². The van der Waals surface area contributed by atoms with E-state index in [-0.39, 0.29) is 61.3 Å². The third kappa shape index (κ3) is 5.25. The number of hydrogen-bond donors (Lipinski definition) is 3. The summed E-state index contributed by atoms with van der Waals surface area (Å²) < 4.78 is 15.0. The summed E-state index contributed by atoms with van der Waals surface area (Å²) in [6.07, 6.45) is 0.129. The van der Waals surface area contributed by atoms with Gasteiger partial charge in [0.1, 0.15) is 0 Å². The van der Waals surface area contributed by atoms with Crippen LogP contribution in [0.15, 0.2) is 0 Å². The molecule has 0 bridgehead atoms. The van der Waals surface area contributed by atoms with Crippen LogP contribution < -0.4 is 0 Å². The van der Waals surface area contributed by atoms with Crippen molar-refractivity contribution < 1.29 is 43.9 Å².